The van der Waals surface area contributed by atoms with Crippen LogP contribution in [0.1, 0.15) is 13.3 Å². The Kier molecular flexibility index (Phi) is 3.26. The van der Waals surface area contributed by atoms with Gasteiger partial charge < -0.3 is 9.84 Å². The first-order valence-corrected chi connectivity index (χ1v) is 4.53. The summed E-state index contributed by atoms with van der Waals surface area (Å²) in [6.07, 6.45) is -0.484. The number of carboxylic acid groups (broad SMARTS) is 1. The van der Waals surface area contributed by atoms with Crippen molar-refractivity contribution in [3.8, 4) is 0 Å². The molecule has 0 aliphatic carbocycles. The molecule has 16 heavy (non-hydrogen) atoms. The first-order chi connectivity index (χ1) is 7.40. The molecule has 88 valence electrons. The number of carboxylic acids is 1. The minimum absolute atomic E-state index is 0.484. The van der Waals surface area contributed by atoms with Crippen molar-refractivity contribution in [2.24, 2.45) is 5.92 Å². The number of methoxy groups -OCH3 is 1. The highest BCUT2D eigenvalue weighted by Gasteiger charge is 2.54. The molecule has 1 saturated heterocycles. The zero-order chi connectivity index (χ0) is 12.5. The second-order valence-electron chi connectivity index (χ2n) is 3.40. The first kappa shape index (κ1) is 12.2. The number of amides is 2. The van der Waals surface area contributed by atoms with E-state index >= 15 is 0 Å². The van der Waals surface area contributed by atoms with Crippen LogP contribution in [0.5, 0.6) is 0 Å². The quantitative estimate of drug-likeness (QED) is 0.492. The fourth-order valence-electron chi connectivity index (χ4n) is 1.68. The molecule has 1 aliphatic rings. The smallest absolute Gasteiger partial charge is 0.329 e. The zero-order valence-electron chi connectivity index (χ0n) is 8.80. The van der Waals surface area contributed by atoms with E-state index in [4.69, 9.17) is 5.11 Å². The molecule has 1 fully saturated rings. The van der Waals surface area contributed by atoms with Crippen LogP contribution in [0.3, 0.4) is 0 Å². The molecule has 1 N–H and O–H groups in total. The molecular weight excluding hydrogens is 218 g/mol. The molecule has 0 unspecified atom stereocenters. The lowest BCUT2D eigenvalue weighted by molar-refractivity contribution is -0.179. The molecule has 0 bridgehead atoms. The molecule has 7 nitrogen and oxygen atoms in total. The highest BCUT2D eigenvalue weighted by Crippen LogP contribution is 2.30. The third-order valence-electron chi connectivity index (χ3n) is 2.39. The van der Waals surface area contributed by atoms with Gasteiger partial charge in [0, 0.05) is 6.92 Å². The van der Waals surface area contributed by atoms with Crippen molar-refractivity contribution >= 4 is 23.8 Å². The van der Waals surface area contributed by atoms with Crippen molar-refractivity contribution < 1.29 is 29.0 Å². The van der Waals surface area contributed by atoms with Gasteiger partial charge in [-0.25, -0.2) is 4.79 Å². The lowest BCUT2D eigenvalue weighted by Gasteiger charge is -2.42. The van der Waals surface area contributed by atoms with Crippen molar-refractivity contribution in [1.29, 1.82) is 0 Å². The van der Waals surface area contributed by atoms with Crippen LogP contribution >= 0.6 is 0 Å². The van der Waals surface area contributed by atoms with Crippen molar-refractivity contribution in [3.05, 3.63) is 0 Å². The molecule has 1 heterocycles. The van der Waals surface area contributed by atoms with Gasteiger partial charge >= 0.3 is 11.9 Å². The number of rotatable bonds is 3. The molecule has 7 heteroatoms. The third kappa shape index (κ3) is 1.88. The Morgan fingerprint density at radius 2 is 2.00 bits per heavy atom. The maximum absolute atomic E-state index is 11.4. The number of aliphatic carboxylic acids is 1. The second kappa shape index (κ2) is 4.30. The lowest BCUT2D eigenvalue weighted by Crippen LogP contribution is -2.66. The Morgan fingerprint density at radius 3 is 2.38 bits per heavy atom. The minimum atomic E-state index is -1.20. The SMILES string of the molecule is COC(=O)[C@@H]1[C@H](CC(=O)O)C(=O)N1C(C)=O. The predicted octanol–water partition coefficient (Wildman–Crippen LogP) is -0.992. The monoisotopic (exact) mass is 229 g/mol. The van der Waals surface area contributed by atoms with Gasteiger partial charge in [0.05, 0.1) is 19.4 Å². The molecule has 0 radical (unpaired) electrons. The van der Waals surface area contributed by atoms with Gasteiger partial charge in [0.1, 0.15) is 6.04 Å². The van der Waals surface area contributed by atoms with Gasteiger partial charge in [-0.2, -0.15) is 0 Å². The Labute approximate surface area is 91.0 Å². The van der Waals surface area contributed by atoms with Crippen LogP contribution in [-0.4, -0.2) is 46.9 Å². The van der Waals surface area contributed by atoms with Crippen LogP contribution in [-0.2, 0) is 23.9 Å². The average Bonchev–Trinajstić information content (AvgIpc) is 2.20. The third-order valence-corrected chi connectivity index (χ3v) is 2.39. The molecular formula is C9H11NO6. The van der Waals surface area contributed by atoms with Gasteiger partial charge in [-0.15, -0.1) is 0 Å². The fourth-order valence-corrected chi connectivity index (χ4v) is 1.68. The van der Waals surface area contributed by atoms with E-state index in [-0.39, 0.29) is 0 Å². The maximum atomic E-state index is 11.4. The number of hydrogen-bond donors (Lipinski definition) is 1. The van der Waals surface area contributed by atoms with Crippen LogP contribution in [0.15, 0.2) is 0 Å². The summed E-state index contributed by atoms with van der Waals surface area (Å²) in [6.45, 7) is 1.13. The van der Waals surface area contributed by atoms with Gasteiger partial charge in [-0.1, -0.05) is 0 Å². The van der Waals surface area contributed by atoms with Gasteiger partial charge in [0.2, 0.25) is 11.8 Å². The highest BCUT2D eigenvalue weighted by molar-refractivity contribution is 6.08. The maximum Gasteiger partial charge on any atom is 0.329 e. The normalized spacial score (nSPS) is 23.6. The number of likely N-dealkylation sites (tertiary alicyclic amines) is 1. The number of nitrogens with zero attached hydrogens (tertiary/aromatic N) is 1. The van der Waals surface area contributed by atoms with Crippen LogP contribution in [0.4, 0.5) is 0 Å². The summed E-state index contributed by atoms with van der Waals surface area (Å²) in [6, 6.07) is -1.11. The van der Waals surface area contributed by atoms with Crippen molar-refractivity contribution in [2.75, 3.05) is 7.11 Å². The van der Waals surface area contributed by atoms with Crippen molar-refractivity contribution in [3.63, 3.8) is 0 Å². The average molecular weight is 229 g/mol. The molecule has 1 aliphatic heterocycles. The van der Waals surface area contributed by atoms with Gasteiger partial charge in [-0.3, -0.25) is 19.3 Å². The Balaban J connectivity index is 2.87. The van der Waals surface area contributed by atoms with Crippen LogP contribution < -0.4 is 0 Å². The molecule has 0 saturated carbocycles. The first-order valence-electron chi connectivity index (χ1n) is 4.53. The van der Waals surface area contributed by atoms with E-state index in [0.717, 1.165) is 18.9 Å². The summed E-state index contributed by atoms with van der Waals surface area (Å²) in [7, 11) is 1.11. The molecule has 0 aromatic heterocycles. The van der Waals surface area contributed by atoms with E-state index in [1.807, 2.05) is 0 Å². The lowest BCUT2D eigenvalue weighted by atomic mass is 9.84. The van der Waals surface area contributed by atoms with Crippen molar-refractivity contribution in [1.82, 2.24) is 4.90 Å². The molecule has 0 spiro atoms. The highest BCUT2D eigenvalue weighted by atomic mass is 16.5. The number of esters is 1. The summed E-state index contributed by atoms with van der Waals surface area (Å²) in [5, 5.41) is 8.56. The number of imide groups is 1. The summed E-state index contributed by atoms with van der Waals surface area (Å²) in [5.74, 6) is -4.22. The van der Waals surface area contributed by atoms with E-state index in [1.165, 1.54) is 0 Å². The Hall–Kier alpha value is -1.92. The van der Waals surface area contributed by atoms with E-state index in [2.05, 4.69) is 4.74 Å². The number of ether oxygens (including phenoxy) is 1. The Bertz CT molecular complexity index is 363. The largest absolute Gasteiger partial charge is 0.481 e. The summed E-state index contributed by atoms with van der Waals surface area (Å²) in [5.41, 5.74) is 0. The molecule has 2 atom stereocenters. The summed E-state index contributed by atoms with van der Waals surface area (Å²) < 4.78 is 4.42. The summed E-state index contributed by atoms with van der Waals surface area (Å²) in [4.78, 5) is 44.9. The van der Waals surface area contributed by atoms with E-state index in [0.29, 0.717) is 0 Å². The molecule has 0 aromatic rings. The molecule has 2 amide bonds. The van der Waals surface area contributed by atoms with E-state index in [1.54, 1.807) is 0 Å². The van der Waals surface area contributed by atoms with Crippen LogP contribution in [0.2, 0.25) is 0 Å². The van der Waals surface area contributed by atoms with E-state index < -0.39 is 42.1 Å². The second-order valence-corrected chi connectivity index (χ2v) is 3.40. The van der Waals surface area contributed by atoms with E-state index in [9.17, 15) is 19.2 Å². The van der Waals surface area contributed by atoms with Gasteiger partial charge in [0.25, 0.3) is 0 Å². The van der Waals surface area contributed by atoms with Crippen LogP contribution in [0, 0.1) is 5.92 Å². The number of hydrogen-bond acceptors (Lipinski definition) is 5. The summed E-state index contributed by atoms with van der Waals surface area (Å²) >= 11 is 0. The van der Waals surface area contributed by atoms with Gasteiger partial charge in [0.15, 0.2) is 0 Å². The topological polar surface area (TPSA) is 101 Å². The van der Waals surface area contributed by atoms with Gasteiger partial charge in [-0.05, 0) is 0 Å². The predicted molar refractivity (Wildman–Crippen MR) is 49.1 cm³/mol. The molecule has 0 aromatic carbocycles. The number of carbonyl (C=O) groups is 4. The Morgan fingerprint density at radius 1 is 1.44 bits per heavy atom. The number of carbonyl (C=O) groups excluding carboxylic acids is 3. The molecule has 1 rings (SSSR count). The zero-order valence-corrected chi connectivity index (χ0v) is 8.80. The van der Waals surface area contributed by atoms with Crippen LogP contribution in [0.25, 0.3) is 0 Å². The standard InChI is InChI=1S/C9H11NO6/c1-4(11)10-7(9(15)16-2)5(8(10)14)3-6(12)13/h5,7H,3H2,1-2H3,(H,12,13)/t5-,7-/m0/s1. The van der Waals surface area contributed by atoms with Crippen molar-refractivity contribution in [2.45, 2.75) is 19.4 Å². The number of β-lactam (4-membered cyclic amide) rings is 1. The minimum Gasteiger partial charge on any atom is -0.481 e. The fraction of sp³-hybridized carbons (Fsp3) is 0.556.